The highest BCUT2D eigenvalue weighted by atomic mass is 32.1. The molecule has 1 fully saturated rings. The van der Waals surface area contributed by atoms with E-state index in [4.69, 9.17) is 4.74 Å². The highest BCUT2D eigenvalue weighted by molar-refractivity contribution is 7.10. The maximum Gasteiger partial charge on any atom is 0.245 e. The predicted molar refractivity (Wildman–Crippen MR) is 94.8 cm³/mol. The van der Waals surface area contributed by atoms with Gasteiger partial charge in [-0.3, -0.25) is 9.69 Å². The normalized spacial score (nSPS) is 22.5. The number of piperidine rings is 1. The van der Waals surface area contributed by atoms with E-state index in [1.165, 1.54) is 10.4 Å². The molecule has 1 aliphatic heterocycles. The lowest BCUT2D eigenvalue weighted by atomic mass is 9.90. The molecule has 1 amide bonds. The summed E-state index contributed by atoms with van der Waals surface area (Å²) in [7, 11) is 5.82. The maximum atomic E-state index is 11.6. The molecule has 5 nitrogen and oxygen atoms in total. The smallest absolute Gasteiger partial charge is 0.245 e. The van der Waals surface area contributed by atoms with Crippen molar-refractivity contribution in [2.75, 3.05) is 47.4 Å². The topological polar surface area (TPSA) is 44.8 Å². The van der Waals surface area contributed by atoms with E-state index in [1.54, 1.807) is 7.11 Å². The Morgan fingerprint density at radius 1 is 1.52 bits per heavy atom. The minimum absolute atomic E-state index is 0.0263. The van der Waals surface area contributed by atoms with Crippen molar-refractivity contribution < 1.29 is 9.53 Å². The second-order valence-electron chi connectivity index (χ2n) is 6.58. The van der Waals surface area contributed by atoms with Gasteiger partial charge >= 0.3 is 0 Å². The zero-order chi connectivity index (χ0) is 16.8. The van der Waals surface area contributed by atoms with Gasteiger partial charge in [0.05, 0.1) is 0 Å². The third-order valence-corrected chi connectivity index (χ3v) is 5.65. The van der Waals surface area contributed by atoms with Gasteiger partial charge in [0, 0.05) is 37.7 Å². The Bertz CT molecular complexity index is 504. The first kappa shape index (κ1) is 18.4. The minimum Gasteiger partial charge on any atom is -0.375 e. The largest absolute Gasteiger partial charge is 0.375 e. The molecule has 0 spiro atoms. The van der Waals surface area contributed by atoms with E-state index in [-0.39, 0.29) is 12.5 Å². The van der Waals surface area contributed by atoms with Crippen LogP contribution in [0.1, 0.15) is 16.9 Å². The molecule has 2 heterocycles. The Morgan fingerprint density at radius 3 is 2.91 bits per heavy atom. The van der Waals surface area contributed by atoms with Crippen LogP contribution in [0.15, 0.2) is 11.4 Å². The van der Waals surface area contributed by atoms with Crippen molar-refractivity contribution in [1.29, 1.82) is 0 Å². The van der Waals surface area contributed by atoms with Gasteiger partial charge in [-0.25, -0.2) is 0 Å². The summed E-state index contributed by atoms with van der Waals surface area (Å²) in [5.74, 6) is 0.466. The molecule has 0 aliphatic carbocycles. The molecular weight excluding hydrogens is 310 g/mol. The maximum absolute atomic E-state index is 11.6. The summed E-state index contributed by atoms with van der Waals surface area (Å²) in [4.78, 5) is 17.9. The summed E-state index contributed by atoms with van der Waals surface area (Å²) < 4.78 is 4.88. The van der Waals surface area contributed by atoms with Crippen LogP contribution in [0.5, 0.6) is 0 Å². The molecule has 6 heteroatoms. The number of methoxy groups -OCH3 is 1. The van der Waals surface area contributed by atoms with Gasteiger partial charge in [0.1, 0.15) is 6.61 Å². The number of rotatable bonds is 7. The van der Waals surface area contributed by atoms with Crippen molar-refractivity contribution in [3.05, 3.63) is 21.9 Å². The Balaban J connectivity index is 1.89. The predicted octanol–water partition coefficient (Wildman–Crippen LogP) is 1.57. The number of hydrogen-bond donors (Lipinski definition) is 1. The highest BCUT2D eigenvalue weighted by Crippen LogP contribution is 2.24. The van der Waals surface area contributed by atoms with E-state index in [1.807, 2.05) is 11.3 Å². The van der Waals surface area contributed by atoms with Crippen molar-refractivity contribution in [3.63, 3.8) is 0 Å². The molecule has 23 heavy (non-hydrogen) atoms. The molecule has 1 aromatic heterocycles. The number of likely N-dealkylation sites (tertiary alicyclic amines) is 1. The molecule has 130 valence electrons. The fourth-order valence-electron chi connectivity index (χ4n) is 3.21. The molecule has 1 aliphatic rings. The van der Waals surface area contributed by atoms with Gasteiger partial charge < -0.3 is 15.0 Å². The standard InChI is InChI=1S/C17H29N3O2S/c1-13-6-8-23-16(13)11-20-7-5-14(15(10-20)19(2)3)9-18-17(21)12-22-4/h6,8,14-15H,5,7,9-12H2,1-4H3,(H,18,21)/t14-,15-/m1/s1. The van der Waals surface area contributed by atoms with Crippen LogP contribution in [0.2, 0.25) is 0 Å². The highest BCUT2D eigenvalue weighted by Gasteiger charge is 2.31. The van der Waals surface area contributed by atoms with E-state index in [0.717, 1.165) is 32.6 Å². The second-order valence-corrected chi connectivity index (χ2v) is 7.58. The van der Waals surface area contributed by atoms with E-state index < -0.39 is 0 Å². The summed E-state index contributed by atoms with van der Waals surface area (Å²) in [6.45, 7) is 6.24. The fraction of sp³-hybridized carbons (Fsp3) is 0.706. The number of carbonyl (C=O) groups excluding carboxylic acids is 1. The molecular formula is C17H29N3O2S. The first-order valence-electron chi connectivity index (χ1n) is 8.18. The van der Waals surface area contributed by atoms with Crippen LogP contribution in [0.4, 0.5) is 0 Å². The number of hydrogen-bond acceptors (Lipinski definition) is 5. The number of carbonyl (C=O) groups is 1. The lowest BCUT2D eigenvalue weighted by molar-refractivity contribution is -0.125. The summed E-state index contributed by atoms with van der Waals surface area (Å²) >= 11 is 1.85. The Morgan fingerprint density at radius 2 is 2.30 bits per heavy atom. The zero-order valence-corrected chi connectivity index (χ0v) is 15.5. The summed E-state index contributed by atoms with van der Waals surface area (Å²) in [6, 6.07) is 2.66. The number of ether oxygens (including phenoxy) is 1. The van der Waals surface area contributed by atoms with Crippen LogP contribution >= 0.6 is 11.3 Å². The molecule has 0 aromatic carbocycles. The van der Waals surface area contributed by atoms with Crippen molar-refractivity contribution in [2.45, 2.75) is 25.9 Å². The van der Waals surface area contributed by atoms with Crippen LogP contribution in [0, 0.1) is 12.8 Å². The molecule has 0 bridgehead atoms. The third-order valence-electron chi connectivity index (χ3n) is 4.64. The van der Waals surface area contributed by atoms with E-state index in [2.05, 4.69) is 47.6 Å². The van der Waals surface area contributed by atoms with Gasteiger partial charge in [-0.1, -0.05) is 0 Å². The average molecular weight is 340 g/mol. The number of nitrogens with one attached hydrogen (secondary N) is 1. The quantitative estimate of drug-likeness (QED) is 0.819. The van der Waals surface area contributed by atoms with Crippen molar-refractivity contribution in [2.24, 2.45) is 5.92 Å². The van der Waals surface area contributed by atoms with Crippen LogP contribution in [-0.4, -0.2) is 69.2 Å². The fourth-order valence-corrected chi connectivity index (χ4v) is 4.16. The van der Waals surface area contributed by atoms with E-state index >= 15 is 0 Å². The number of likely N-dealkylation sites (N-methyl/N-ethyl adjacent to an activating group) is 1. The zero-order valence-electron chi connectivity index (χ0n) is 14.7. The van der Waals surface area contributed by atoms with Crippen LogP contribution in [-0.2, 0) is 16.1 Å². The Kier molecular flexibility index (Phi) is 7.02. The van der Waals surface area contributed by atoms with Gasteiger partial charge in [0.15, 0.2) is 0 Å². The third kappa shape index (κ3) is 5.28. The minimum atomic E-state index is -0.0263. The van der Waals surface area contributed by atoms with Gasteiger partial charge in [0.25, 0.3) is 0 Å². The number of nitrogens with zero attached hydrogens (tertiary/aromatic N) is 2. The van der Waals surface area contributed by atoms with Gasteiger partial charge in [-0.15, -0.1) is 11.3 Å². The molecule has 2 rings (SSSR count). The Hall–Kier alpha value is -0.950. The monoisotopic (exact) mass is 339 g/mol. The van der Waals surface area contributed by atoms with Crippen molar-refractivity contribution >= 4 is 17.2 Å². The summed E-state index contributed by atoms with van der Waals surface area (Å²) in [5, 5.41) is 5.17. The van der Waals surface area contributed by atoms with Gasteiger partial charge in [0.2, 0.25) is 5.91 Å². The van der Waals surface area contributed by atoms with Crippen molar-refractivity contribution in [1.82, 2.24) is 15.1 Å². The molecule has 1 N–H and O–H groups in total. The molecule has 2 atom stereocenters. The second kappa shape index (κ2) is 8.78. The summed E-state index contributed by atoms with van der Waals surface area (Å²) in [5.41, 5.74) is 1.39. The number of aryl methyl sites for hydroxylation is 1. The molecule has 0 saturated carbocycles. The van der Waals surface area contributed by atoms with Crippen molar-refractivity contribution in [3.8, 4) is 0 Å². The lowest BCUT2D eigenvalue weighted by Crippen LogP contribution is -2.53. The molecule has 1 saturated heterocycles. The molecule has 0 radical (unpaired) electrons. The van der Waals surface area contributed by atoms with Crippen LogP contribution in [0.3, 0.4) is 0 Å². The Labute approximate surface area is 143 Å². The van der Waals surface area contributed by atoms with E-state index in [0.29, 0.717) is 12.0 Å². The first-order chi connectivity index (χ1) is 11.0. The van der Waals surface area contributed by atoms with Gasteiger partial charge in [-0.05, 0) is 56.9 Å². The number of amides is 1. The van der Waals surface area contributed by atoms with Gasteiger partial charge in [-0.2, -0.15) is 0 Å². The van der Waals surface area contributed by atoms with Crippen LogP contribution in [0.25, 0.3) is 0 Å². The average Bonchev–Trinajstić information content (AvgIpc) is 2.91. The SMILES string of the molecule is COCC(=O)NC[C@H]1CCN(Cc2sccc2C)C[C@H]1N(C)C. The number of thiophene rings is 1. The lowest BCUT2D eigenvalue weighted by Gasteiger charge is -2.41. The molecule has 0 unspecified atom stereocenters. The van der Waals surface area contributed by atoms with E-state index in [9.17, 15) is 4.79 Å². The molecule has 1 aromatic rings. The first-order valence-corrected chi connectivity index (χ1v) is 9.06. The van der Waals surface area contributed by atoms with Crippen LogP contribution < -0.4 is 5.32 Å². The summed E-state index contributed by atoms with van der Waals surface area (Å²) in [6.07, 6.45) is 1.11.